The van der Waals surface area contributed by atoms with Crippen molar-refractivity contribution in [3.63, 3.8) is 0 Å². The fourth-order valence-corrected chi connectivity index (χ4v) is 3.78. The summed E-state index contributed by atoms with van der Waals surface area (Å²) in [5, 5.41) is 8.33. The molecule has 6 nitrogen and oxygen atoms in total. The van der Waals surface area contributed by atoms with Crippen LogP contribution in [0.2, 0.25) is 15.1 Å². The third-order valence-corrected chi connectivity index (χ3v) is 5.11. The van der Waals surface area contributed by atoms with Crippen LogP contribution in [0.25, 0.3) is 0 Å². The maximum absolute atomic E-state index is 12.5. The Bertz CT molecular complexity index is 1010. The molecule has 1 unspecified atom stereocenters. The fourth-order valence-electron chi connectivity index (χ4n) is 2.85. The maximum atomic E-state index is 12.5. The second-order valence-corrected chi connectivity index (χ2v) is 7.72. The largest absolute Gasteiger partial charge is 0.483 e. The summed E-state index contributed by atoms with van der Waals surface area (Å²) in [5.74, 6) is 0.622. The van der Waals surface area contributed by atoms with Gasteiger partial charge < -0.3 is 14.5 Å². The monoisotopic (exact) mass is 455 g/mol. The molecule has 9 heteroatoms. The van der Waals surface area contributed by atoms with Gasteiger partial charge in [0.2, 0.25) is 0 Å². The molecule has 154 valence electrons. The van der Waals surface area contributed by atoms with Crippen LogP contribution in [0, 0.1) is 6.92 Å². The van der Waals surface area contributed by atoms with Crippen LogP contribution in [0.3, 0.4) is 0 Å². The zero-order valence-electron chi connectivity index (χ0n) is 16.1. The van der Waals surface area contributed by atoms with Gasteiger partial charge in [-0.1, -0.05) is 34.8 Å². The van der Waals surface area contributed by atoms with Crippen molar-refractivity contribution in [1.82, 2.24) is 15.1 Å². The highest BCUT2D eigenvalue weighted by molar-refractivity contribution is 6.40. The number of aryl methyl sites for hydroxylation is 2. The number of ether oxygens (including phenoxy) is 1. The van der Waals surface area contributed by atoms with Gasteiger partial charge in [-0.3, -0.25) is 9.48 Å². The quantitative estimate of drug-likeness (QED) is 0.485. The summed E-state index contributed by atoms with van der Waals surface area (Å²) >= 11 is 18.1. The first-order valence-electron chi connectivity index (χ1n) is 8.99. The third-order valence-electron chi connectivity index (χ3n) is 4.33. The highest BCUT2D eigenvalue weighted by Gasteiger charge is 2.18. The van der Waals surface area contributed by atoms with Gasteiger partial charge in [-0.15, -0.1) is 0 Å². The Morgan fingerprint density at radius 2 is 1.97 bits per heavy atom. The Kier molecular flexibility index (Phi) is 6.77. The van der Waals surface area contributed by atoms with Gasteiger partial charge in [0, 0.05) is 23.3 Å². The Balaban J connectivity index is 1.63. The van der Waals surface area contributed by atoms with Gasteiger partial charge in [-0.2, -0.15) is 5.10 Å². The second-order valence-electron chi connectivity index (χ2n) is 6.47. The van der Waals surface area contributed by atoms with E-state index in [2.05, 4.69) is 10.4 Å². The topological polar surface area (TPSA) is 69.3 Å². The Hall–Kier alpha value is -2.15. The molecule has 1 aromatic carbocycles. The maximum Gasteiger partial charge on any atom is 0.287 e. The van der Waals surface area contributed by atoms with E-state index in [0.717, 1.165) is 17.8 Å². The lowest BCUT2D eigenvalue weighted by molar-refractivity contribution is 0.0907. The number of halogens is 3. The Morgan fingerprint density at radius 1 is 1.28 bits per heavy atom. The first-order valence-corrected chi connectivity index (χ1v) is 10.1. The number of amides is 1. The number of rotatable bonds is 7. The number of hydrogen-bond donors (Lipinski definition) is 1. The summed E-state index contributed by atoms with van der Waals surface area (Å²) in [6.07, 6.45) is 1.93. The van der Waals surface area contributed by atoms with Crippen molar-refractivity contribution in [2.75, 3.05) is 0 Å². The number of hydrogen-bond acceptors (Lipinski definition) is 4. The van der Waals surface area contributed by atoms with Gasteiger partial charge in [0.15, 0.2) is 11.5 Å². The average Bonchev–Trinajstić information content (AvgIpc) is 3.27. The zero-order chi connectivity index (χ0) is 21.1. The molecule has 0 aliphatic heterocycles. The minimum Gasteiger partial charge on any atom is -0.483 e. The number of carbonyl (C=O) groups is 1. The normalized spacial score (nSPS) is 12.1. The SMILES string of the molecule is CCn1cc(C(C)NC(=O)c2ccc(COc3c(Cl)cc(Cl)cc3Cl)o2)c(C)n1. The van der Waals surface area contributed by atoms with E-state index in [4.69, 9.17) is 44.0 Å². The molecule has 0 fully saturated rings. The van der Waals surface area contributed by atoms with E-state index in [1.165, 1.54) is 12.1 Å². The average molecular weight is 457 g/mol. The molecule has 1 N–H and O–H groups in total. The molecule has 3 aromatic rings. The molecule has 2 heterocycles. The molecule has 29 heavy (non-hydrogen) atoms. The lowest BCUT2D eigenvalue weighted by Crippen LogP contribution is -2.26. The number of carbonyl (C=O) groups excluding carboxylic acids is 1. The van der Waals surface area contributed by atoms with Crippen LogP contribution < -0.4 is 10.1 Å². The van der Waals surface area contributed by atoms with Crippen LogP contribution in [0.4, 0.5) is 0 Å². The second kappa shape index (κ2) is 9.11. The van der Waals surface area contributed by atoms with Gasteiger partial charge in [-0.25, -0.2) is 0 Å². The van der Waals surface area contributed by atoms with Gasteiger partial charge in [0.05, 0.1) is 21.8 Å². The van der Waals surface area contributed by atoms with E-state index in [0.29, 0.717) is 26.6 Å². The number of benzene rings is 1. The molecule has 0 spiro atoms. The predicted molar refractivity (Wildman–Crippen MR) is 113 cm³/mol. The van der Waals surface area contributed by atoms with E-state index in [1.54, 1.807) is 12.1 Å². The van der Waals surface area contributed by atoms with E-state index in [-0.39, 0.29) is 24.3 Å². The van der Waals surface area contributed by atoms with Crippen molar-refractivity contribution in [1.29, 1.82) is 0 Å². The standard InChI is InChI=1S/C20H20Cl3N3O3/c1-4-26-9-15(12(3)25-26)11(2)24-20(27)18-6-5-14(29-18)10-28-19-16(22)7-13(21)8-17(19)23/h5-9,11H,4,10H2,1-3H3,(H,24,27). The molecular formula is C20H20Cl3N3O3. The summed E-state index contributed by atoms with van der Waals surface area (Å²) < 4.78 is 13.1. The number of nitrogens with one attached hydrogen (secondary N) is 1. The van der Waals surface area contributed by atoms with Crippen LogP contribution in [-0.4, -0.2) is 15.7 Å². The van der Waals surface area contributed by atoms with Gasteiger partial charge in [-0.05, 0) is 45.0 Å². The van der Waals surface area contributed by atoms with Crippen molar-refractivity contribution in [3.8, 4) is 5.75 Å². The summed E-state index contributed by atoms with van der Waals surface area (Å²) in [4.78, 5) is 12.5. The zero-order valence-corrected chi connectivity index (χ0v) is 18.4. The molecule has 1 amide bonds. The smallest absolute Gasteiger partial charge is 0.287 e. The minimum absolute atomic E-state index is 0.0618. The lowest BCUT2D eigenvalue weighted by Gasteiger charge is -2.12. The molecule has 0 bridgehead atoms. The van der Waals surface area contributed by atoms with Crippen molar-refractivity contribution < 1.29 is 13.9 Å². The summed E-state index contributed by atoms with van der Waals surface area (Å²) in [5.41, 5.74) is 1.84. The fraction of sp³-hybridized carbons (Fsp3) is 0.300. The lowest BCUT2D eigenvalue weighted by atomic mass is 10.1. The van der Waals surface area contributed by atoms with E-state index in [9.17, 15) is 4.79 Å². The van der Waals surface area contributed by atoms with Crippen LogP contribution in [0.5, 0.6) is 5.75 Å². The first kappa shape index (κ1) is 21.6. The highest BCUT2D eigenvalue weighted by atomic mass is 35.5. The summed E-state index contributed by atoms with van der Waals surface area (Å²) in [7, 11) is 0. The molecule has 0 aliphatic carbocycles. The first-order chi connectivity index (χ1) is 13.8. The Labute approximate surface area is 183 Å². The highest BCUT2D eigenvalue weighted by Crippen LogP contribution is 2.36. The number of aromatic nitrogens is 2. The van der Waals surface area contributed by atoms with Crippen molar-refractivity contribution in [2.24, 2.45) is 0 Å². The van der Waals surface area contributed by atoms with Crippen molar-refractivity contribution in [3.05, 3.63) is 68.3 Å². The van der Waals surface area contributed by atoms with Gasteiger partial charge >= 0.3 is 0 Å². The van der Waals surface area contributed by atoms with Crippen LogP contribution in [0.1, 0.15) is 47.5 Å². The summed E-state index contributed by atoms with van der Waals surface area (Å²) in [6, 6.07) is 6.12. The molecule has 2 aromatic heterocycles. The van der Waals surface area contributed by atoms with E-state index < -0.39 is 0 Å². The van der Waals surface area contributed by atoms with Crippen molar-refractivity contribution >= 4 is 40.7 Å². The predicted octanol–water partition coefficient (Wildman–Crippen LogP) is 5.83. The molecule has 0 radical (unpaired) electrons. The van der Waals surface area contributed by atoms with E-state index >= 15 is 0 Å². The molecule has 0 aliphatic rings. The van der Waals surface area contributed by atoms with Crippen LogP contribution >= 0.6 is 34.8 Å². The molecule has 1 atom stereocenters. The molecule has 0 saturated heterocycles. The van der Waals surface area contributed by atoms with Crippen LogP contribution in [0.15, 0.2) is 34.9 Å². The molecule has 0 saturated carbocycles. The third kappa shape index (κ3) is 5.07. The molecule has 3 rings (SSSR count). The van der Waals surface area contributed by atoms with Gasteiger partial charge in [0.1, 0.15) is 12.4 Å². The minimum atomic E-state index is -0.324. The number of nitrogens with zero attached hydrogens (tertiary/aromatic N) is 2. The molecular weight excluding hydrogens is 437 g/mol. The van der Waals surface area contributed by atoms with E-state index in [1.807, 2.05) is 31.6 Å². The Morgan fingerprint density at radius 3 is 2.59 bits per heavy atom. The summed E-state index contributed by atoms with van der Waals surface area (Å²) in [6.45, 7) is 6.66. The number of furan rings is 1. The van der Waals surface area contributed by atoms with Gasteiger partial charge in [0.25, 0.3) is 5.91 Å². The van der Waals surface area contributed by atoms with Crippen molar-refractivity contribution in [2.45, 2.75) is 40.0 Å². The van der Waals surface area contributed by atoms with Crippen LogP contribution in [-0.2, 0) is 13.2 Å².